The Morgan fingerprint density at radius 1 is 1.00 bits per heavy atom. The van der Waals surface area contributed by atoms with Gasteiger partial charge in [0.15, 0.2) is 0 Å². The van der Waals surface area contributed by atoms with Crippen LogP contribution in [0.15, 0.2) is 89.1 Å². The minimum Gasteiger partial charge on any atom is -0.507 e. The first-order valence-corrected chi connectivity index (χ1v) is 9.21. The van der Waals surface area contributed by atoms with Crippen LogP contribution in [0.5, 0.6) is 0 Å². The molecule has 0 bridgehead atoms. The first-order valence-electron chi connectivity index (χ1n) is 9.21. The maximum atomic E-state index is 10.5. The molecule has 0 spiro atoms. The molecule has 0 atom stereocenters. The molecule has 3 aromatic rings. The molecule has 0 radical (unpaired) electrons. The van der Waals surface area contributed by atoms with Gasteiger partial charge in [0.2, 0.25) is 0 Å². The van der Waals surface area contributed by atoms with E-state index in [1.165, 1.54) is 0 Å². The van der Waals surface area contributed by atoms with Crippen LogP contribution in [0.25, 0.3) is 16.9 Å². The van der Waals surface area contributed by atoms with Gasteiger partial charge < -0.3 is 10.0 Å². The van der Waals surface area contributed by atoms with E-state index in [1.54, 1.807) is 24.5 Å². The molecule has 0 unspecified atom stereocenters. The number of fused-ring (bicyclic) bond motifs is 3. The molecule has 5 heteroatoms. The van der Waals surface area contributed by atoms with E-state index in [-0.39, 0.29) is 5.76 Å². The molecule has 2 aliphatic rings. The summed E-state index contributed by atoms with van der Waals surface area (Å²) in [7, 11) is 0. The number of aromatic nitrogens is 1. The molecule has 0 amide bonds. The van der Waals surface area contributed by atoms with Crippen LogP contribution in [0, 0.1) is 0 Å². The predicted octanol–water partition coefficient (Wildman–Crippen LogP) is 4.45. The zero-order valence-corrected chi connectivity index (χ0v) is 15.2. The number of hydrogen-bond acceptors (Lipinski definition) is 5. The molecule has 2 aromatic carbocycles. The summed E-state index contributed by atoms with van der Waals surface area (Å²) in [4.78, 5) is 15.6. The summed E-state index contributed by atoms with van der Waals surface area (Å²) in [6, 6.07) is 20.1. The fraction of sp³-hybridized carbons (Fsp3) is 0.0870. The second-order valence-corrected chi connectivity index (χ2v) is 6.70. The SMILES string of the molecule is O/C(=C\C1=Nc2cc(-c3ccccc3)ccc2C2=NCCN12)c1cccnc1. The van der Waals surface area contributed by atoms with Crippen molar-refractivity contribution in [2.75, 3.05) is 13.1 Å². The number of amidine groups is 2. The van der Waals surface area contributed by atoms with Crippen LogP contribution in [0.2, 0.25) is 0 Å². The van der Waals surface area contributed by atoms with Gasteiger partial charge in [0.25, 0.3) is 0 Å². The Kier molecular flexibility index (Phi) is 3.98. The summed E-state index contributed by atoms with van der Waals surface area (Å²) in [5, 5.41) is 10.5. The Balaban J connectivity index is 1.60. The number of aliphatic hydroxyl groups is 1. The third kappa shape index (κ3) is 2.87. The topological polar surface area (TPSA) is 61.1 Å². The van der Waals surface area contributed by atoms with Crippen LogP contribution in [0.3, 0.4) is 0 Å². The molecule has 0 aliphatic carbocycles. The van der Waals surface area contributed by atoms with E-state index in [0.717, 1.165) is 41.3 Å². The van der Waals surface area contributed by atoms with Crippen molar-refractivity contribution in [1.82, 2.24) is 9.88 Å². The van der Waals surface area contributed by atoms with Crippen molar-refractivity contribution >= 4 is 23.1 Å². The first-order chi connectivity index (χ1) is 13.8. The molecule has 2 aliphatic heterocycles. The van der Waals surface area contributed by atoms with Gasteiger partial charge in [0.1, 0.15) is 17.4 Å². The second kappa shape index (κ2) is 6.78. The van der Waals surface area contributed by atoms with Gasteiger partial charge >= 0.3 is 0 Å². The molecule has 0 saturated carbocycles. The van der Waals surface area contributed by atoms with Gasteiger partial charge in [-0.05, 0) is 35.4 Å². The van der Waals surface area contributed by atoms with E-state index >= 15 is 0 Å². The molecule has 0 fully saturated rings. The molecule has 1 N–H and O–H groups in total. The third-order valence-corrected chi connectivity index (χ3v) is 4.92. The van der Waals surface area contributed by atoms with Gasteiger partial charge in [0.05, 0.1) is 12.2 Å². The van der Waals surface area contributed by atoms with Crippen LogP contribution in [0.1, 0.15) is 11.1 Å². The number of nitrogens with zero attached hydrogens (tertiary/aromatic N) is 4. The molecular weight excluding hydrogens is 348 g/mol. The quantitative estimate of drug-likeness (QED) is 0.697. The fourth-order valence-corrected chi connectivity index (χ4v) is 3.54. The summed E-state index contributed by atoms with van der Waals surface area (Å²) in [6.07, 6.45) is 5.01. The summed E-state index contributed by atoms with van der Waals surface area (Å²) < 4.78 is 0. The number of hydrogen-bond donors (Lipinski definition) is 1. The highest BCUT2D eigenvalue weighted by atomic mass is 16.3. The zero-order valence-electron chi connectivity index (χ0n) is 15.2. The van der Waals surface area contributed by atoms with Crippen molar-refractivity contribution in [3.63, 3.8) is 0 Å². The molecule has 136 valence electrons. The normalized spacial score (nSPS) is 15.6. The molecule has 28 heavy (non-hydrogen) atoms. The highest BCUT2D eigenvalue weighted by molar-refractivity contribution is 6.20. The monoisotopic (exact) mass is 366 g/mol. The minimum atomic E-state index is 0.140. The maximum Gasteiger partial charge on any atom is 0.138 e. The van der Waals surface area contributed by atoms with Crippen LogP contribution < -0.4 is 0 Å². The average Bonchev–Trinajstić information content (AvgIpc) is 3.25. The van der Waals surface area contributed by atoms with Crippen LogP contribution >= 0.6 is 0 Å². The van der Waals surface area contributed by atoms with Crippen LogP contribution in [0.4, 0.5) is 5.69 Å². The van der Waals surface area contributed by atoms with Crippen molar-refractivity contribution in [2.24, 2.45) is 9.98 Å². The largest absolute Gasteiger partial charge is 0.507 e. The Morgan fingerprint density at radius 3 is 2.71 bits per heavy atom. The lowest BCUT2D eigenvalue weighted by Gasteiger charge is -2.26. The lowest BCUT2D eigenvalue weighted by molar-refractivity contribution is 0.511. The van der Waals surface area contributed by atoms with E-state index in [2.05, 4.69) is 45.2 Å². The van der Waals surface area contributed by atoms with Gasteiger partial charge in [-0.2, -0.15) is 0 Å². The van der Waals surface area contributed by atoms with E-state index in [0.29, 0.717) is 11.4 Å². The maximum absolute atomic E-state index is 10.5. The lowest BCUT2D eigenvalue weighted by Crippen LogP contribution is -2.36. The summed E-state index contributed by atoms with van der Waals surface area (Å²) in [5.41, 5.74) is 4.80. The summed E-state index contributed by atoms with van der Waals surface area (Å²) in [5.74, 6) is 1.74. The van der Waals surface area contributed by atoms with Gasteiger partial charge in [0, 0.05) is 36.1 Å². The Bertz CT molecular complexity index is 1120. The summed E-state index contributed by atoms with van der Waals surface area (Å²) >= 11 is 0. The van der Waals surface area contributed by atoms with Gasteiger partial charge in [-0.15, -0.1) is 0 Å². The van der Waals surface area contributed by atoms with Crippen molar-refractivity contribution in [3.05, 3.63) is 90.3 Å². The summed E-state index contributed by atoms with van der Waals surface area (Å²) in [6.45, 7) is 1.47. The van der Waals surface area contributed by atoms with Crippen LogP contribution in [-0.4, -0.2) is 39.8 Å². The van der Waals surface area contributed by atoms with E-state index < -0.39 is 0 Å². The predicted molar refractivity (Wildman–Crippen MR) is 112 cm³/mol. The second-order valence-electron chi connectivity index (χ2n) is 6.70. The van der Waals surface area contributed by atoms with Crippen molar-refractivity contribution in [2.45, 2.75) is 0 Å². The zero-order chi connectivity index (χ0) is 18.9. The van der Waals surface area contributed by atoms with Crippen molar-refractivity contribution in [1.29, 1.82) is 0 Å². The highest BCUT2D eigenvalue weighted by Crippen LogP contribution is 2.33. The highest BCUT2D eigenvalue weighted by Gasteiger charge is 2.29. The van der Waals surface area contributed by atoms with Gasteiger partial charge in [-0.3, -0.25) is 9.98 Å². The Hall–Kier alpha value is -3.73. The van der Waals surface area contributed by atoms with Crippen molar-refractivity contribution in [3.8, 4) is 11.1 Å². The number of rotatable bonds is 3. The molecular formula is C23H18N4O. The molecule has 5 rings (SSSR count). The Labute approximate surface area is 163 Å². The number of pyridine rings is 1. The standard InChI is InChI=1S/C23H18N4O/c28-21(18-7-4-10-24-15-18)14-22-26-20-13-17(16-5-2-1-3-6-16)8-9-19(20)23-25-11-12-27(22)23/h1-10,13-15,28H,11-12H2/b21-14-. The number of benzene rings is 2. The molecule has 1 aromatic heterocycles. The third-order valence-electron chi connectivity index (χ3n) is 4.92. The molecule has 5 nitrogen and oxygen atoms in total. The lowest BCUT2D eigenvalue weighted by atomic mass is 10.0. The van der Waals surface area contributed by atoms with E-state index in [4.69, 9.17) is 4.99 Å². The number of aliphatic hydroxyl groups excluding tert-OH is 1. The van der Waals surface area contributed by atoms with Gasteiger partial charge in [-0.25, -0.2) is 4.99 Å². The first kappa shape index (κ1) is 16.4. The smallest absolute Gasteiger partial charge is 0.138 e. The van der Waals surface area contributed by atoms with E-state index in [1.807, 2.05) is 24.3 Å². The average molecular weight is 366 g/mol. The van der Waals surface area contributed by atoms with Gasteiger partial charge in [-0.1, -0.05) is 36.4 Å². The molecule has 0 saturated heterocycles. The van der Waals surface area contributed by atoms with Crippen molar-refractivity contribution < 1.29 is 5.11 Å². The molecule has 3 heterocycles. The Morgan fingerprint density at radius 2 is 1.89 bits per heavy atom. The fourth-order valence-electron chi connectivity index (χ4n) is 3.54. The van der Waals surface area contributed by atoms with E-state index in [9.17, 15) is 5.11 Å². The number of aliphatic imine (C=N–C) groups is 2. The van der Waals surface area contributed by atoms with Crippen LogP contribution in [-0.2, 0) is 0 Å². The minimum absolute atomic E-state index is 0.140.